The first-order valence-electron chi connectivity index (χ1n) is 8.28. The lowest BCUT2D eigenvalue weighted by Gasteiger charge is -2.38. The van der Waals surface area contributed by atoms with Gasteiger partial charge in [-0.15, -0.1) is 0 Å². The monoisotopic (exact) mass is 325 g/mol. The Labute approximate surface area is 142 Å². The summed E-state index contributed by atoms with van der Waals surface area (Å²) in [6.07, 6.45) is 1.05. The van der Waals surface area contributed by atoms with E-state index < -0.39 is 0 Å². The lowest BCUT2D eigenvalue weighted by molar-refractivity contribution is 0.110. The van der Waals surface area contributed by atoms with E-state index in [1.54, 1.807) is 0 Å². The van der Waals surface area contributed by atoms with Crippen LogP contribution in [0.3, 0.4) is 0 Å². The molecule has 0 radical (unpaired) electrons. The molecule has 2 aromatic carbocycles. The maximum absolute atomic E-state index is 6.05. The molecule has 1 unspecified atom stereocenters. The first kappa shape index (κ1) is 15.1. The third-order valence-corrected chi connectivity index (χ3v) is 6.18. The van der Waals surface area contributed by atoms with Gasteiger partial charge >= 0.3 is 0 Å². The number of nitrogens with two attached hydrogens (primary N) is 1. The molecule has 23 heavy (non-hydrogen) atoms. The van der Waals surface area contributed by atoms with Crippen LogP contribution in [0.15, 0.2) is 52.3 Å². The van der Waals surface area contributed by atoms with Crippen molar-refractivity contribution in [2.24, 2.45) is 0 Å². The fourth-order valence-electron chi connectivity index (χ4n) is 3.60. The van der Waals surface area contributed by atoms with E-state index in [2.05, 4.69) is 53.2 Å². The van der Waals surface area contributed by atoms with Crippen LogP contribution in [-0.2, 0) is 6.42 Å². The number of fused-ring (bicyclic) bond motifs is 2. The minimum atomic E-state index is 0.454. The van der Waals surface area contributed by atoms with Gasteiger partial charge in [0.15, 0.2) is 0 Å². The molecule has 2 N–H and O–H groups in total. The second-order valence-electron chi connectivity index (χ2n) is 6.57. The normalized spacial score (nSPS) is 22.2. The number of hydrogen-bond acceptors (Lipinski definition) is 4. The summed E-state index contributed by atoms with van der Waals surface area (Å²) in [7, 11) is 2.21. The molecule has 3 nitrogen and oxygen atoms in total. The van der Waals surface area contributed by atoms with Crippen LogP contribution in [0.4, 0.5) is 5.69 Å². The van der Waals surface area contributed by atoms with Crippen molar-refractivity contribution in [3.05, 3.63) is 53.6 Å². The molecule has 1 saturated heterocycles. The standard InChI is InChI=1S/C19H23N3S/c1-21-8-10-22(11-9-21)17-13-14-12-15(20)6-7-18(14)23-19-5-3-2-4-16(17)19/h2-7,12,17H,8-11,13,20H2,1H3. The second-order valence-corrected chi connectivity index (χ2v) is 7.65. The van der Waals surface area contributed by atoms with Crippen LogP contribution in [0.2, 0.25) is 0 Å². The molecular formula is C19H23N3S. The predicted molar refractivity (Wildman–Crippen MR) is 96.9 cm³/mol. The minimum Gasteiger partial charge on any atom is -0.399 e. The van der Waals surface area contributed by atoms with Gasteiger partial charge in [0.25, 0.3) is 0 Å². The summed E-state index contributed by atoms with van der Waals surface area (Å²) in [5, 5.41) is 0. The summed E-state index contributed by atoms with van der Waals surface area (Å²) < 4.78 is 0. The Balaban J connectivity index is 1.74. The summed E-state index contributed by atoms with van der Waals surface area (Å²) in [5.41, 5.74) is 9.77. The van der Waals surface area contributed by atoms with Gasteiger partial charge < -0.3 is 10.6 Å². The van der Waals surface area contributed by atoms with Gasteiger partial charge in [0.2, 0.25) is 0 Å². The number of hydrogen-bond donors (Lipinski definition) is 1. The van der Waals surface area contributed by atoms with Crippen LogP contribution in [0.5, 0.6) is 0 Å². The van der Waals surface area contributed by atoms with E-state index in [4.69, 9.17) is 5.73 Å². The molecule has 0 aromatic heterocycles. The van der Waals surface area contributed by atoms with E-state index in [-0.39, 0.29) is 0 Å². The second kappa shape index (κ2) is 6.19. The number of nitrogen functional groups attached to an aromatic ring is 1. The van der Waals surface area contributed by atoms with Crippen molar-refractivity contribution < 1.29 is 0 Å². The van der Waals surface area contributed by atoms with Gasteiger partial charge in [0.1, 0.15) is 0 Å². The summed E-state index contributed by atoms with van der Waals surface area (Å²) in [6, 6.07) is 15.7. The number of rotatable bonds is 1. The maximum Gasteiger partial charge on any atom is 0.0401 e. The van der Waals surface area contributed by atoms with Crippen LogP contribution in [0.1, 0.15) is 17.2 Å². The smallest absolute Gasteiger partial charge is 0.0401 e. The number of likely N-dealkylation sites (N-methyl/N-ethyl adjacent to an activating group) is 1. The molecule has 0 saturated carbocycles. The van der Waals surface area contributed by atoms with Gasteiger partial charge in [-0.1, -0.05) is 30.0 Å². The van der Waals surface area contributed by atoms with Gasteiger partial charge in [-0.25, -0.2) is 0 Å². The molecule has 1 atom stereocenters. The fraction of sp³-hybridized carbons (Fsp3) is 0.368. The Morgan fingerprint density at radius 2 is 1.78 bits per heavy atom. The van der Waals surface area contributed by atoms with E-state index in [9.17, 15) is 0 Å². The van der Waals surface area contributed by atoms with Gasteiger partial charge in [0.05, 0.1) is 0 Å². The highest BCUT2D eigenvalue weighted by Crippen LogP contribution is 2.43. The first-order valence-corrected chi connectivity index (χ1v) is 9.10. The van der Waals surface area contributed by atoms with Crippen molar-refractivity contribution in [1.82, 2.24) is 9.80 Å². The summed E-state index contributed by atoms with van der Waals surface area (Å²) >= 11 is 1.89. The Morgan fingerprint density at radius 1 is 1.00 bits per heavy atom. The maximum atomic E-state index is 6.05. The Morgan fingerprint density at radius 3 is 2.61 bits per heavy atom. The summed E-state index contributed by atoms with van der Waals surface area (Å²) in [6.45, 7) is 4.57. The number of benzene rings is 2. The van der Waals surface area contributed by atoms with E-state index in [1.165, 1.54) is 20.9 Å². The van der Waals surface area contributed by atoms with E-state index in [1.807, 2.05) is 17.8 Å². The van der Waals surface area contributed by atoms with Crippen molar-refractivity contribution in [2.75, 3.05) is 39.0 Å². The first-order chi connectivity index (χ1) is 11.2. The molecule has 0 aliphatic carbocycles. The molecule has 4 rings (SSSR count). The Hall–Kier alpha value is -1.49. The van der Waals surface area contributed by atoms with Crippen molar-refractivity contribution in [2.45, 2.75) is 22.3 Å². The SMILES string of the molecule is CN1CCN(C2Cc3cc(N)ccc3Sc3ccccc32)CC1. The molecule has 2 aliphatic rings. The molecule has 0 bridgehead atoms. The zero-order chi connectivity index (χ0) is 15.8. The molecule has 1 fully saturated rings. The van der Waals surface area contributed by atoms with Gasteiger partial charge in [-0.05, 0) is 48.9 Å². The fourth-order valence-corrected chi connectivity index (χ4v) is 4.72. The van der Waals surface area contributed by atoms with Crippen LogP contribution < -0.4 is 5.73 Å². The van der Waals surface area contributed by atoms with E-state index in [0.717, 1.165) is 38.3 Å². The number of nitrogens with zero attached hydrogens (tertiary/aromatic N) is 2. The quantitative estimate of drug-likeness (QED) is 0.816. The molecule has 2 aliphatic heterocycles. The van der Waals surface area contributed by atoms with Crippen molar-refractivity contribution >= 4 is 17.4 Å². The van der Waals surface area contributed by atoms with Crippen molar-refractivity contribution in [1.29, 1.82) is 0 Å². The lowest BCUT2D eigenvalue weighted by Crippen LogP contribution is -2.46. The number of piperazine rings is 1. The summed E-state index contributed by atoms with van der Waals surface area (Å²) in [4.78, 5) is 7.81. The average molecular weight is 325 g/mol. The third-order valence-electron chi connectivity index (χ3n) is 4.97. The van der Waals surface area contributed by atoms with Gasteiger partial charge in [-0.2, -0.15) is 0 Å². The van der Waals surface area contributed by atoms with Gasteiger partial charge in [0, 0.05) is 47.7 Å². The molecular weight excluding hydrogens is 302 g/mol. The topological polar surface area (TPSA) is 32.5 Å². The van der Waals surface area contributed by atoms with Crippen LogP contribution in [0, 0.1) is 0 Å². The zero-order valence-corrected chi connectivity index (χ0v) is 14.4. The lowest BCUT2D eigenvalue weighted by atomic mass is 9.96. The largest absolute Gasteiger partial charge is 0.399 e. The predicted octanol–water partition coefficient (Wildman–Crippen LogP) is 3.26. The number of anilines is 1. The Bertz CT molecular complexity index is 708. The highest BCUT2D eigenvalue weighted by atomic mass is 32.2. The van der Waals surface area contributed by atoms with Crippen LogP contribution >= 0.6 is 11.8 Å². The highest BCUT2D eigenvalue weighted by Gasteiger charge is 2.29. The van der Waals surface area contributed by atoms with Crippen LogP contribution in [0.25, 0.3) is 0 Å². The average Bonchev–Trinajstić information content (AvgIpc) is 2.72. The van der Waals surface area contributed by atoms with Crippen LogP contribution in [-0.4, -0.2) is 43.0 Å². The zero-order valence-electron chi connectivity index (χ0n) is 13.5. The molecule has 0 spiro atoms. The molecule has 0 amide bonds. The molecule has 120 valence electrons. The minimum absolute atomic E-state index is 0.454. The third kappa shape index (κ3) is 2.99. The van der Waals surface area contributed by atoms with Gasteiger partial charge in [-0.3, -0.25) is 4.90 Å². The molecule has 4 heteroatoms. The molecule has 2 heterocycles. The molecule has 2 aromatic rings. The van der Waals surface area contributed by atoms with E-state index >= 15 is 0 Å². The van der Waals surface area contributed by atoms with Crippen molar-refractivity contribution in [3.63, 3.8) is 0 Å². The van der Waals surface area contributed by atoms with E-state index in [0.29, 0.717) is 6.04 Å². The van der Waals surface area contributed by atoms with Crippen molar-refractivity contribution in [3.8, 4) is 0 Å². The Kier molecular flexibility index (Phi) is 4.05. The highest BCUT2D eigenvalue weighted by molar-refractivity contribution is 7.99. The summed E-state index contributed by atoms with van der Waals surface area (Å²) in [5.74, 6) is 0.